The van der Waals surface area contributed by atoms with Crippen LogP contribution >= 0.6 is 0 Å². The van der Waals surface area contributed by atoms with E-state index in [-0.39, 0.29) is 18.2 Å². The van der Waals surface area contributed by atoms with Gasteiger partial charge in [-0.1, -0.05) is 18.2 Å². The highest BCUT2D eigenvalue weighted by atomic mass is 16.5. The van der Waals surface area contributed by atoms with Gasteiger partial charge in [-0.3, -0.25) is 14.3 Å². The summed E-state index contributed by atoms with van der Waals surface area (Å²) in [6.07, 6.45) is 1.85. The molecule has 0 radical (unpaired) electrons. The summed E-state index contributed by atoms with van der Waals surface area (Å²) < 4.78 is 6.17. The topological polar surface area (TPSA) is 109 Å². The van der Waals surface area contributed by atoms with Crippen LogP contribution in [0.4, 0.5) is 0 Å². The molecule has 1 atom stereocenters. The molecular formula is C17H18N4O4. The molecular weight excluding hydrogens is 324 g/mol. The molecule has 25 heavy (non-hydrogen) atoms. The molecule has 1 aliphatic rings. The third kappa shape index (κ3) is 3.06. The molecule has 1 unspecified atom stereocenters. The lowest BCUT2D eigenvalue weighted by Gasteiger charge is -2.11. The summed E-state index contributed by atoms with van der Waals surface area (Å²) in [6.45, 7) is 3.62. The monoisotopic (exact) mass is 342 g/mol. The second kappa shape index (κ2) is 6.68. The van der Waals surface area contributed by atoms with Crippen LogP contribution in [-0.4, -0.2) is 27.5 Å². The third-order valence-corrected chi connectivity index (χ3v) is 4.04. The van der Waals surface area contributed by atoms with Gasteiger partial charge < -0.3 is 15.3 Å². The second-order valence-electron chi connectivity index (χ2n) is 5.57. The lowest BCUT2D eigenvalue weighted by atomic mass is 10.00. The van der Waals surface area contributed by atoms with Crippen molar-refractivity contribution in [3.63, 3.8) is 0 Å². The molecule has 0 aliphatic carbocycles. The van der Waals surface area contributed by atoms with E-state index in [9.17, 15) is 14.7 Å². The molecule has 8 nitrogen and oxygen atoms in total. The lowest BCUT2D eigenvalue weighted by Crippen LogP contribution is -2.33. The number of aromatic nitrogens is 2. The van der Waals surface area contributed by atoms with E-state index in [1.807, 2.05) is 24.3 Å². The van der Waals surface area contributed by atoms with Crippen LogP contribution in [0.25, 0.3) is 0 Å². The number of aromatic hydroxyl groups is 1. The first-order valence-corrected chi connectivity index (χ1v) is 7.68. The van der Waals surface area contributed by atoms with Crippen LogP contribution in [0.1, 0.15) is 23.6 Å². The fourth-order valence-electron chi connectivity index (χ4n) is 2.75. The Kier molecular flexibility index (Phi) is 4.42. The largest absolute Gasteiger partial charge is 0.497 e. The summed E-state index contributed by atoms with van der Waals surface area (Å²) in [4.78, 5) is 26.1. The zero-order valence-corrected chi connectivity index (χ0v) is 13.7. The summed E-state index contributed by atoms with van der Waals surface area (Å²) in [7, 11) is 1.59. The molecule has 2 aromatic rings. The summed E-state index contributed by atoms with van der Waals surface area (Å²) in [6, 6.07) is 7.34. The Hall–Kier alpha value is -3.29. The van der Waals surface area contributed by atoms with E-state index in [2.05, 4.69) is 22.1 Å². The van der Waals surface area contributed by atoms with Gasteiger partial charge in [0.1, 0.15) is 11.3 Å². The number of nitrogens with zero attached hydrogens (tertiary/aromatic N) is 2. The van der Waals surface area contributed by atoms with Crippen molar-refractivity contribution in [1.29, 1.82) is 0 Å². The smallest absolute Gasteiger partial charge is 0.331 e. The molecule has 0 amide bonds. The van der Waals surface area contributed by atoms with Gasteiger partial charge in [0, 0.05) is 13.0 Å². The average molecular weight is 342 g/mol. The number of methoxy groups -OCH3 is 1. The molecule has 0 saturated carbocycles. The maximum atomic E-state index is 12.2. The van der Waals surface area contributed by atoms with E-state index < -0.39 is 17.1 Å². The summed E-state index contributed by atoms with van der Waals surface area (Å²) in [5.74, 6) is 0.332. The predicted octanol–water partition coefficient (Wildman–Crippen LogP) is 0.875. The minimum atomic E-state index is -0.690. The molecule has 2 heterocycles. The first kappa shape index (κ1) is 16.6. The second-order valence-corrected chi connectivity index (χ2v) is 5.57. The molecule has 0 saturated heterocycles. The zero-order chi connectivity index (χ0) is 18.0. The predicted molar refractivity (Wildman–Crippen MR) is 93.2 cm³/mol. The van der Waals surface area contributed by atoms with Crippen molar-refractivity contribution >= 4 is 5.71 Å². The molecule has 130 valence electrons. The average Bonchev–Trinajstić information content (AvgIpc) is 3.08. The van der Waals surface area contributed by atoms with Crippen molar-refractivity contribution < 1.29 is 9.84 Å². The number of allylic oxidation sites excluding steroid dienone is 1. The number of aromatic amines is 1. The number of H-pyrrole nitrogens is 1. The van der Waals surface area contributed by atoms with Crippen LogP contribution in [0.5, 0.6) is 11.6 Å². The molecule has 0 spiro atoms. The quantitative estimate of drug-likeness (QED) is 0.699. The number of benzene rings is 1. The highest BCUT2D eigenvalue weighted by molar-refractivity contribution is 6.03. The normalized spacial score (nSPS) is 16.2. The maximum Gasteiger partial charge on any atom is 0.331 e. The van der Waals surface area contributed by atoms with Crippen LogP contribution in [-0.2, 0) is 6.54 Å². The molecule has 3 N–H and O–H groups in total. The van der Waals surface area contributed by atoms with Gasteiger partial charge in [0.15, 0.2) is 0 Å². The molecule has 1 aromatic carbocycles. The Labute approximate surface area is 143 Å². The van der Waals surface area contributed by atoms with Gasteiger partial charge in [0.05, 0.1) is 18.9 Å². The highest BCUT2D eigenvalue weighted by Crippen LogP contribution is 2.27. The van der Waals surface area contributed by atoms with E-state index in [4.69, 9.17) is 4.74 Å². The number of nitrogens with one attached hydrogen (secondary N) is 2. The molecule has 8 heteroatoms. The van der Waals surface area contributed by atoms with Gasteiger partial charge in [-0.25, -0.2) is 4.79 Å². The summed E-state index contributed by atoms with van der Waals surface area (Å²) in [5, 5.41) is 14.5. The zero-order valence-electron chi connectivity index (χ0n) is 13.7. The number of hydrogen-bond donors (Lipinski definition) is 3. The SMILES string of the molecule is C=CCn1c(O)c(C2=NNC(c3ccc(OC)cc3)C2)c(=O)[nH]c1=O. The number of hydrogen-bond acceptors (Lipinski definition) is 6. The molecule has 0 fully saturated rings. The Morgan fingerprint density at radius 2 is 2.12 bits per heavy atom. The van der Waals surface area contributed by atoms with Gasteiger partial charge >= 0.3 is 5.69 Å². The van der Waals surface area contributed by atoms with Gasteiger partial charge in [-0.2, -0.15) is 5.10 Å². The van der Waals surface area contributed by atoms with Gasteiger partial charge in [-0.15, -0.1) is 6.58 Å². The Balaban J connectivity index is 1.91. The number of ether oxygens (including phenoxy) is 1. The third-order valence-electron chi connectivity index (χ3n) is 4.04. The van der Waals surface area contributed by atoms with E-state index in [1.54, 1.807) is 7.11 Å². The minimum Gasteiger partial charge on any atom is -0.497 e. The van der Waals surface area contributed by atoms with Crippen molar-refractivity contribution in [3.8, 4) is 11.6 Å². The van der Waals surface area contributed by atoms with Crippen molar-refractivity contribution in [2.75, 3.05) is 7.11 Å². The molecule has 3 rings (SSSR count). The standard InChI is InChI=1S/C17H18N4O4/c1-3-8-21-16(23)14(15(22)18-17(21)24)13-9-12(19-20-13)10-4-6-11(25-2)7-5-10/h3-7,12,19,23H,1,8-9H2,2H3,(H,18,22,24). The maximum absolute atomic E-state index is 12.2. The summed E-state index contributed by atoms with van der Waals surface area (Å²) >= 11 is 0. The van der Waals surface area contributed by atoms with Crippen LogP contribution in [0.2, 0.25) is 0 Å². The van der Waals surface area contributed by atoms with Crippen LogP contribution in [0, 0.1) is 0 Å². The highest BCUT2D eigenvalue weighted by Gasteiger charge is 2.27. The van der Waals surface area contributed by atoms with Crippen LogP contribution in [0.3, 0.4) is 0 Å². The van der Waals surface area contributed by atoms with Crippen molar-refractivity contribution in [2.45, 2.75) is 19.0 Å². The van der Waals surface area contributed by atoms with E-state index in [1.165, 1.54) is 6.08 Å². The van der Waals surface area contributed by atoms with Crippen molar-refractivity contribution in [2.24, 2.45) is 5.10 Å². The molecule has 0 bridgehead atoms. The lowest BCUT2D eigenvalue weighted by molar-refractivity contribution is 0.409. The van der Waals surface area contributed by atoms with E-state index in [0.29, 0.717) is 12.1 Å². The van der Waals surface area contributed by atoms with Gasteiger partial charge in [-0.05, 0) is 17.7 Å². The van der Waals surface area contributed by atoms with Crippen molar-refractivity contribution in [1.82, 2.24) is 15.0 Å². The molecule has 1 aliphatic heterocycles. The minimum absolute atomic E-state index is 0.00929. The number of hydrazone groups is 1. The number of rotatable bonds is 5. The van der Waals surface area contributed by atoms with E-state index >= 15 is 0 Å². The van der Waals surface area contributed by atoms with Crippen molar-refractivity contribution in [3.05, 3.63) is 68.9 Å². The first-order valence-electron chi connectivity index (χ1n) is 7.68. The Morgan fingerprint density at radius 1 is 1.40 bits per heavy atom. The summed E-state index contributed by atoms with van der Waals surface area (Å²) in [5.41, 5.74) is 2.94. The Bertz CT molecular complexity index is 941. The fraction of sp³-hybridized carbons (Fsp3) is 0.235. The molecule has 1 aromatic heterocycles. The van der Waals surface area contributed by atoms with Gasteiger partial charge in [0.2, 0.25) is 5.88 Å². The van der Waals surface area contributed by atoms with Crippen LogP contribution in [0.15, 0.2) is 51.6 Å². The van der Waals surface area contributed by atoms with Crippen LogP contribution < -0.4 is 21.4 Å². The first-order chi connectivity index (χ1) is 12.0. The van der Waals surface area contributed by atoms with Gasteiger partial charge in [0.25, 0.3) is 5.56 Å². The fourth-order valence-corrected chi connectivity index (χ4v) is 2.75. The van der Waals surface area contributed by atoms with E-state index in [0.717, 1.165) is 15.9 Å². The Morgan fingerprint density at radius 3 is 2.76 bits per heavy atom.